The van der Waals surface area contributed by atoms with E-state index in [2.05, 4.69) is 49.3 Å². The minimum absolute atomic E-state index is 0.656. The highest BCUT2D eigenvalue weighted by Gasteiger charge is 2.22. The molecule has 20 heavy (non-hydrogen) atoms. The summed E-state index contributed by atoms with van der Waals surface area (Å²) in [5.74, 6) is 0. The van der Waals surface area contributed by atoms with Crippen molar-refractivity contribution in [2.45, 2.75) is 25.3 Å². The monoisotopic (exact) mass is 285 g/mol. The Hall–Kier alpha value is -1.31. The molecular formula is C18H20ClN. The van der Waals surface area contributed by atoms with Crippen LogP contribution in [0.3, 0.4) is 0 Å². The minimum Gasteiger partial charge on any atom is -0.306 e. The second kappa shape index (κ2) is 5.59. The largest absolute Gasteiger partial charge is 0.306 e. The molecule has 0 saturated heterocycles. The lowest BCUT2D eigenvalue weighted by molar-refractivity contribution is 0.268. The fourth-order valence-corrected chi connectivity index (χ4v) is 3.40. The molecule has 3 rings (SSSR count). The fraction of sp³-hybridized carbons (Fsp3) is 0.333. The molecule has 0 spiro atoms. The zero-order valence-corrected chi connectivity index (χ0v) is 12.8. The maximum atomic E-state index is 6.37. The van der Waals surface area contributed by atoms with Gasteiger partial charge in [0.15, 0.2) is 0 Å². The summed E-state index contributed by atoms with van der Waals surface area (Å²) in [4.78, 5) is 2.34. The quantitative estimate of drug-likeness (QED) is 0.789. The van der Waals surface area contributed by atoms with E-state index in [1.54, 1.807) is 0 Å². The van der Waals surface area contributed by atoms with Gasteiger partial charge in [-0.1, -0.05) is 48.0 Å². The van der Waals surface area contributed by atoms with Crippen LogP contribution in [-0.2, 0) is 12.8 Å². The second-order valence-corrected chi connectivity index (χ2v) is 6.19. The molecule has 0 heterocycles. The highest BCUT2D eigenvalue weighted by molar-refractivity contribution is 6.33. The van der Waals surface area contributed by atoms with Gasteiger partial charge in [-0.15, -0.1) is 0 Å². The predicted molar refractivity (Wildman–Crippen MR) is 86.4 cm³/mol. The summed E-state index contributed by atoms with van der Waals surface area (Å²) in [6.07, 6.45) is 3.50. The number of benzene rings is 2. The number of rotatable bonds is 2. The maximum Gasteiger partial charge on any atom is 0.0484 e. The Morgan fingerprint density at radius 1 is 1.00 bits per heavy atom. The van der Waals surface area contributed by atoms with Gasteiger partial charge in [-0.2, -0.15) is 0 Å². The third-order valence-electron chi connectivity index (χ3n) is 4.35. The topological polar surface area (TPSA) is 3.24 Å². The van der Waals surface area contributed by atoms with Gasteiger partial charge < -0.3 is 4.90 Å². The van der Waals surface area contributed by atoms with Crippen LogP contribution >= 0.6 is 11.6 Å². The van der Waals surface area contributed by atoms with Crippen LogP contribution in [0.15, 0.2) is 42.5 Å². The highest BCUT2D eigenvalue weighted by Crippen LogP contribution is 2.35. The average molecular weight is 286 g/mol. The summed E-state index contributed by atoms with van der Waals surface area (Å²) < 4.78 is 0. The number of hydrogen-bond acceptors (Lipinski definition) is 1. The molecule has 0 aromatic heterocycles. The van der Waals surface area contributed by atoms with E-state index in [9.17, 15) is 0 Å². The molecule has 1 aliphatic rings. The van der Waals surface area contributed by atoms with E-state index in [0.29, 0.717) is 6.04 Å². The molecule has 0 radical (unpaired) electrons. The Labute approximate surface area is 126 Å². The smallest absolute Gasteiger partial charge is 0.0484 e. The molecule has 1 unspecified atom stereocenters. The molecule has 0 fully saturated rings. The molecule has 1 atom stereocenters. The van der Waals surface area contributed by atoms with E-state index in [0.717, 1.165) is 23.4 Å². The number of likely N-dealkylation sites (N-methyl/N-ethyl adjacent to an activating group) is 1. The maximum absolute atomic E-state index is 6.37. The fourth-order valence-electron chi connectivity index (χ4n) is 3.16. The Morgan fingerprint density at radius 3 is 2.50 bits per heavy atom. The molecule has 1 nitrogen and oxygen atoms in total. The van der Waals surface area contributed by atoms with E-state index in [1.165, 1.54) is 23.1 Å². The molecule has 2 aromatic carbocycles. The van der Waals surface area contributed by atoms with Crippen LogP contribution in [0.1, 0.15) is 17.5 Å². The lowest BCUT2D eigenvalue weighted by Gasteiger charge is -2.31. The standard InChI is InChI=1S/C18H20ClN/c1-20(2)14-10-11-15-13(12-14)6-5-8-16(15)17-7-3-4-9-18(17)19/h3-9,14H,10-12H2,1-2H3. The van der Waals surface area contributed by atoms with Crippen molar-refractivity contribution >= 4 is 11.6 Å². The molecule has 2 heteroatoms. The van der Waals surface area contributed by atoms with E-state index >= 15 is 0 Å². The minimum atomic E-state index is 0.656. The van der Waals surface area contributed by atoms with Gasteiger partial charge in [-0.25, -0.2) is 0 Å². The molecular weight excluding hydrogens is 266 g/mol. The molecule has 0 bridgehead atoms. The third kappa shape index (κ3) is 2.48. The van der Waals surface area contributed by atoms with Gasteiger partial charge in [0.05, 0.1) is 0 Å². The highest BCUT2D eigenvalue weighted by atomic mass is 35.5. The van der Waals surface area contributed by atoms with Crippen molar-refractivity contribution in [2.24, 2.45) is 0 Å². The Morgan fingerprint density at radius 2 is 1.75 bits per heavy atom. The first-order chi connectivity index (χ1) is 9.66. The van der Waals surface area contributed by atoms with Crippen molar-refractivity contribution in [3.63, 3.8) is 0 Å². The van der Waals surface area contributed by atoms with E-state index in [-0.39, 0.29) is 0 Å². The molecule has 0 saturated carbocycles. The number of fused-ring (bicyclic) bond motifs is 1. The van der Waals surface area contributed by atoms with Crippen LogP contribution in [0, 0.1) is 0 Å². The van der Waals surface area contributed by atoms with E-state index in [4.69, 9.17) is 11.6 Å². The summed E-state index contributed by atoms with van der Waals surface area (Å²) in [5, 5.41) is 0.843. The Kier molecular flexibility index (Phi) is 3.82. The lowest BCUT2D eigenvalue weighted by Crippen LogP contribution is -2.33. The first-order valence-corrected chi connectivity index (χ1v) is 7.56. The molecule has 0 N–H and O–H groups in total. The molecule has 2 aromatic rings. The summed E-state index contributed by atoms with van der Waals surface area (Å²) >= 11 is 6.37. The van der Waals surface area contributed by atoms with Crippen LogP contribution < -0.4 is 0 Å². The molecule has 104 valence electrons. The van der Waals surface area contributed by atoms with E-state index < -0.39 is 0 Å². The van der Waals surface area contributed by atoms with Crippen LogP contribution in [-0.4, -0.2) is 25.0 Å². The van der Waals surface area contributed by atoms with Crippen molar-refractivity contribution in [1.82, 2.24) is 4.90 Å². The number of nitrogens with zero attached hydrogens (tertiary/aromatic N) is 1. The van der Waals surface area contributed by atoms with Gasteiger partial charge in [0.25, 0.3) is 0 Å². The Bertz CT molecular complexity index is 619. The lowest BCUT2D eigenvalue weighted by atomic mass is 9.83. The second-order valence-electron chi connectivity index (χ2n) is 5.78. The molecule has 0 aliphatic heterocycles. The van der Waals surface area contributed by atoms with Gasteiger partial charge in [0.1, 0.15) is 0 Å². The zero-order valence-electron chi connectivity index (χ0n) is 12.1. The normalized spacial score (nSPS) is 18.1. The van der Waals surface area contributed by atoms with Crippen molar-refractivity contribution < 1.29 is 0 Å². The first-order valence-electron chi connectivity index (χ1n) is 7.19. The van der Waals surface area contributed by atoms with Gasteiger partial charge >= 0.3 is 0 Å². The average Bonchev–Trinajstić information content (AvgIpc) is 2.46. The van der Waals surface area contributed by atoms with Crippen LogP contribution in [0.5, 0.6) is 0 Å². The van der Waals surface area contributed by atoms with Crippen molar-refractivity contribution in [3.05, 3.63) is 58.6 Å². The summed E-state index contributed by atoms with van der Waals surface area (Å²) in [6.45, 7) is 0. The molecule has 1 aliphatic carbocycles. The zero-order chi connectivity index (χ0) is 14.1. The van der Waals surface area contributed by atoms with E-state index in [1.807, 2.05) is 12.1 Å². The predicted octanol–water partition coefficient (Wildman–Crippen LogP) is 4.43. The third-order valence-corrected chi connectivity index (χ3v) is 4.68. The number of hydrogen-bond donors (Lipinski definition) is 0. The van der Waals surface area contributed by atoms with Crippen LogP contribution in [0.25, 0.3) is 11.1 Å². The van der Waals surface area contributed by atoms with Crippen LogP contribution in [0.2, 0.25) is 5.02 Å². The number of halogens is 1. The van der Waals surface area contributed by atoms with Gasteiger partial charge in [0.2, 0.25) is 0 Å². The SMILES string of the molecule is CN(C)C1CCc2c(cccc2-c2ccccc2Cl)C1. The summed E-state index contributed by atoms with van der Waals surface area (Å²) in [6, 6.07) is 15.4. The van der Waals surface area contributed by atoms with Gasteiger partial charge in [-0.3, -0.25) is 0 Å². The molecule has 0 amide bonds. The summed E-state index contributed by atoms with van der Waals surface area (Å²) in [7, 11) is 4.35. The Balaban J connectivity index is 2.04. The van der Waals surface area contributed by atoms with Gasteiger partial charge in [0, 0.05) is 16.6 Å². The first kappa shape index (κ1) is 13.7. The van der Waals surface area contributed by atoms with Crippen molar-refractivity contribution in [1.29, 1.82) is 0 Å². The van der Waals surface area contributed by atoms with Crippen LogP contribution in [0.4, 0.5) is 0 Å². The summed E-state index contributed by atoms with van der Waals surface area (Å²) in [5.41, 5.74) is 5.44. The van der Waals surface area contributed by atoms with Crippen molar-refractivity contribution in [3.8, 4) is 11.1 Å². The van der Waals surface area contributed by atoms with Crippen molar-refractivity contribution in [2.75, 3.05) is 14.1 Å². The van der Waals surface area contributed by atoms with Gasteiger partial charge in [-0.05, 0) is 56.1 Å².